The van der Waals surface area contributed by atoms with Crippen molar-refractivity contribution < 1.29 is 0 Å². The Bertz CT molecular complexity index is 697. The number of thioether (sulfide) groups is 3. The summed E-state index contributed by atoms with van der Waals surface area (Å²) in [5.74, 6) is 8.18. The molecule has 348 valence electrons. The van der Waals surface area contributed by atoms with E-state index < -0.39 is 0 Å². The van der Waals surface area contributed by atoms with Gasteiger partial charge in [0, 0.05) is 0 Å². The summed E-state index contributed by atoms with van der Waals surface area (Å²) in [6, 6.07) is 0. The first-order valence-corrected chi connectivity index (χ1v) is 29.4. The minimum atomic E-state index is 0.516. The SMILES string of the molecule is CCCCCCCCCCCCCCCCSCCC(C)(C)C.CCCCCCCCCCCCSCCC(C)(C)C.CCCCCCCCSCCC(C)(C)C. The maximum atomic E-state index is 2.35. The molecular weight excluding hydrogens is 745 g/mol. The third-order valence-electron chi connectivity index (χ3n) is 10.9. The van der Waals surface area contributed by atoms with Crippen molar-refractivity contribution in [3.63, 3.8) is 0 Å². The molecular formula is C54H114S3. The maximum absolute atomic E-state index is 2.35. The van der Waals surface area contributed by atoms with E-state index in [1.165, 1.54) is 246 Å². The van der Waals surface area contributed by atoms with Gasteiger partial charge in [-0.05, 0) is 89.3 Å². The van der Waals surface area contributed by atoms with E-state index in [1.807, 2.05) is 0 Å². The molecule has 3 heteroatoms. The standard InChI is InChI=1S/C22H46S.C18H38S.C14H30S/c1-5-6-7-8-9-10-11-12-13-14-15-16-17-18-20-23-21-19-22(2,3)4;1-5-6-7-8-9-10-11-12-13-14-16-19-17-15-18(2,3)4;1-5-6-7-8-9-10-12-15-13-11-14(2,3)4/h5-21H2,1-4H3;5-17H2,1-4H3;5-13H2,1-4H3. The summed E-state index contributed by atoms with van der Waals surface area (Å²) in [4.78, 5) is 0. The summed E-state index contributed by atoms with van der Waals surface area (Å²) in [5, 5.41) is 0. The Labute approximate surface area is 378 Å². The molecule has 0 aliphatic carbocycles. The third-order valence-corrected chi connectivity index (χ3v) is 14.1. The summed E-state index contributed by atoms with van der Waals surface area (Å²) in [6.07, 6.45) is 47.6. The van der Waals surface area contributed by atoms with Gasteiger partial charge in [0.2, 0.25) is 0 Å². The lowest BCUT2D eigenvalue weighted by atomic mass is 9.94. The molecule has 0 aliphatic heterocycles. The quantitative estimate of drug-likeness (QED) is 0.0565. The second-order valence-corrected chi connectivity index (χ2v) is 25.0. The van der Waals surface area contributed by atoms with Crippen LogP contribution in [0.5, 0.6) is 0 Å². The van der Waals surface area contributed by atoms with Gasteiger partial charge in [0.1, 0.15) is 0 Å². The predicted molar refractivity (Wildman–Crippen MR) is 280 cm³/mol. The Hall–Kier alpha value is 1.05. The molecule has 0 heterocycles. The van der Waals surface area contributed by atoms with E-state index in [9.17, 15) is 0 Å². The molecule has 0 unspecified atom stereocenters. The first kappa shape index (κ1) is 62.3. The van der Waals surface area contributed by atoms with Gasteiger partial charge in [-0.2, -0.15) is 35.3 Å². The van der Waals surface area contributed by atoms with Gasteiger partial charge in [-0.3, -0.25) is 0 Å². The molecule has 0 saturated carbocycles. The summed E-state index contributed by atoms with van der Waals surface area (Å²) in [7, 11) is 0. The van der Waals surface area contributed by atoms with Crippen LogP contribution in [0.2, 0.25) is 0 Å². The van der Waals surface area contributed by atoms with Gasteiger partial charge in [-0.1, -0.05) is 256 Å². The lowest BCUT2D eigenvalue weighted by Gasteiger charge is -2.17. The topological polar surface area (TPSA) is 0 Å². The van der Waals surface area contributed by atoms with Crippen molar-refractivity contribution in [2.75, 3.05) is 34.5 Å². The first-order chi connectivity index (χ1) is 27.2. The van der Waals surface area contributed by atoms with Crippen LogP contribution in [0.1, 0.15) is 295 Å². The molecule has 0 atom stereocenters. The molecule has 0 fully saturated rings. The molecule has 0 N–H and O–H groups in total. The van der Waals surface area contributed by atoms with Gasteiger partial charge in [0.05, 0.1) is 0 Å². The number of hydrogen-bond donors (Lipinski definition) is 0. The highest BCUT2D eigenvalue weighted by Crippen LogP contribution is 2.24. The van der Waals surface area contributed by atoms with Crippen LogP contribution >= 0.6 is 35.3 Å². The van der Waals surface area contributed by atoms with Crippen molar-refractivity contribution in [1.29, 1.82) is 0 Å². The minimum absolute atomic E-state index is 0.516. The number of hydrogen-bond acceptors (Lipinski definition) is 3. The highest BCUT2D eigenvalue weighted by atomic mass is 32.2. The van der Waals surface area contributed by atoms with Crippen LogP contribution in [0, 0.1) is 16.2 Å². The van der Waals surface area contributed by atoms with Crippen LogP contribution < -0.4 is 0 Å². The molecule has 0 aliphatic rings. The second kappa shape index (κ2) is 48.1. The molecule has 0 nitrogen and oxygen atoms in total. The van der Waals surface area contributed by atoms with E-state index in [-0.39, 0.29) is 0 Å². The molecule has 57 heavy (non-hydrogen) atoms. The van der Waals surface area contributed by atoms with Crippen LogP contribution in [-0.2, 0) is 0 Å². The zero-order valence-corrected chi connectivity index (χ0v) is 44.8. The maximum Gasteiger partial charge on any atom is -0.00626 e. The van der Waals surface area contributed by atoms with Crippen molar-refractivity contribution in [2.45, 2.75) is 295 Å². The summed E-state index contributed by atoms with van der Waals surface area (Å²) >= 11 is 6.47. The van der Waals surface area contributed by atoms with Gasteiger partial charge in [0.25, 0.3) is 0 Å². The smallest absolute Gasteiger partial charge is 0.00626 e. The van der Waals surface area contributed by atoms with E-state index >= 15 is 0 Å². The van der Waals surface area contributed by atoms with Gasteiger partial charge in [-0.15, -0.1) is 0 Å². The van der Waals surface area contributed by atoms with Crippen molar-refractivity contribution in [1.82, 2.24) is 0 Å². The van der Waals surface area contributed by atoms with Crippen molar-refractivity contribution >= 4 is 35.3 Å². The Kier molecular flexibility index (Phi) is 52.6. The van der Waals surface area contributed by atoms with Crippen LogP contribution in [0.25, 0.3) is 0 Å². The van der Waals surface area contributed by atoms with Crippen molar-refractivity contribution in [3.8, 4) is 0 Å². The van der Waals surface area contributed by atoms with Gasteiger partial charge in [0.15, 0.2) is 0 Å². The molecule has 0 spiro atoms. The molecule has 0 amide bonds. The van der Waals surface area contributed by atoms with Crippen molar-refractivity contribution in [2.24, 2.45) is 16.2 Å². The predicted octanol–water partition coefficient (Wildman–Crippen LogP) is 21.2. The fourth-order valence-electron chi connectivity index (χ4n) is 6.52. The summed E-state index contributed by atoms with van der Waals surface area (Å²) < 4.78 is 0. The van der Waals surface area contributed by atoms with Crippen LogP contribution in [-0.4, -0.2) is 34.5 Å². The zero-order chi connectivity index (χ0) is 43.2. The molecule has 0 rings (SSSR count). The Balaban J connectivity index is -0.000000785. The molecule has 0 radical (unpaired) electrons. The third kappa shape index (κ3) is 71.9. The lowest BCUT2D eigenvalue weighted by Crippen LogP contribution is -2.06. The van der Waals surface area contributed by atoms with E-state index in [4.69, 9.17) is 0 Å². The first-order valence-electron chi connectivity index (χ1n) is 25.9. The van der Waals surface area contributed by atoms with E-state index in [1.54, 1.807) is 0 Å². The Morgan fingerprint density at radius 2 is 0.368 bits per heavy atom. The van der Waals surface area contributed by atoms with Gasteiger partial charge in [-0.25, -0.2) is 0 Å². The molecule has 0 saturated heterocycles. The number of rotatable bonds is 39. The zero-order valence-electron chi connectivity index (χ0n) is 42.3. The van der Waals surface area contributed by atoms with Crippen LogP contribution in [0.3, 0.4) is 0 Å². The summed E-state index contributed by atoms with van der Waals surface area (Å²) in [6.45, 7) is 27.9. The minimum Gasteiger partial charge on any atom is -0.162 e. The second-order valence-electron chi connectivity index (χ2n) is 21.3. The monoisotopic (exact) mass is 859 g/mol. The highest BCUT2D eigenvalue weighted by molar-refractivity contribution is 7.99. The van der Waals surface area contributed by atoms with Gasteiger partial charge < -0.3 is 0 Å². The Morgan fingerprint density at radius 3 is 0.526 bits per heavy atom. The van der Waals surface area contributed by atoms with E-state index in [0.717, 1.165) is 0 Å². The largest absolute Gasteiger partial charge is 0.162 e. The normalized spacial score (nSPS) is 12.0. The average molecular weight is 860 g/mol. The lowest BCUT2D eigenvalue weighted by molar-refractivity contribution is 0.401. The average Bonchev–Trinajstić information content (AvgIpc) is 3.13. The van der Waals surface area contributed by atoms with Gasteiger partial charge >= 0.3 is 0 Å². The molecule has 0 aromatic carbocycles. The van der Waals surface area contributed by atoms with E-state index in [0.29, 0.717) is 16.2 Å². The summed E-state index contributed by atoms with van der Waals surface area (Å²) in [5.41, 5.74) is 1.56. The molecule has 0 aromatic heterocycles. The Morgan fingerprint density at radius 1 is 0.211 bits per heavy atom. The van der Waals surface area contributed by atoms with Crippen LogP contribution in [0.4, 0.5) is 0 Å². The molecule has 0 bridgehead atoms. The number of unbranched alkanes of at least 4 members (excludes halogenated alkanes) is 27. The van der Waals surface area contributed by atoms with Crippen molar-refractivity contribution in [3.05, 3.63) is 0 Å². The fraction of sp³-hybridized carbons (Fsp3) is 1.00. The van der Waals surface area contributed by atoms with E-state index in [2.05, 4.69) is 118 Å². The molecule has 0 aromatic rings. The highest BCUT2D eigenvalue weighted by Gasteiger charge is 2.10. The fourth-order valence-corrected chi connectivity index (χ4v) is 10.6. The van der Waals surface area contributed by atoms with Crippen LogP contribution in [0.15, 0.2) is 0 Å².